The zero-order valence-corrected chi connectivity index (χ0v) is 19.9. The minimum Gasteiger partial charge on any atom is -0.371 e. The molecular formula is C27H37N3O2. The first kappa shape index (κ1) is 23.8. The standard InChI is InChI=1S/C27H37N3O2/c1-5-6-7-21-8-10-22(11-9-21)26(31)29-23-12-13-25(30-16-14-20(4)15-17-30)24(18-23)27(32)28-19(2)3/h8-13,18-20H,5-7,14-17H2,1-4H3,(H,28,32)(H,29,31). The first-order chi connectivity index (χ1) is 15.4. The van der Waals surface area contributed by atoms with Gasteiger partial charge in [-0.1, -0.05) is 32.4 Å². The number of piperidine rings is 1. The molecule has 1 heterocycles. The normalized spacial score (nSPS) is 14.5. The molecule has 0 radical (unpaired) electrons. The lowest BCUT2D eigenvalue weighted by Crippen LogP contribution is -2.36. The molecule has 1 aliphatic rings. The number of benzene rings is 2. The van der Waals surface area contributed by atoms with Crippen LogP contribution in [0, 0.1) is 5.92 Å². The number of hydrogen-bond acceptors (Lipinski definition) is 3. The minimum absolute atomic E-state index is 0.0428. The fourth-order valence-electron chi connectivity index (χ4n) is 4.07. The van der Waals surface area contributed by atoms with Crippen LogP contribution in [0.2, 0.25) is 0 Å². The number of carbonyl (C=O) groups is 2. The molecule has 5 nitrogen and oxygen atoms in total. The molecule has 3 rings (SSSR count). The molecule has 2 aromatic carbocycles. The summed E-state index contributed by atoms with van der Waals surface area (Å²) in [6.07, 6.45) is 5.58. The molecule has 0 spiro atoms. The van der Waals surface area contributed by atoms with Gasteiger partial charge in [0.1, 0.15) is 0 Å². The Morgan fingerprint density at radius 3 is 2.34 bits per heavy atom. The number of carbonyl (C=O) groups excluding carboxylic acids is 2. The van der Waals surface area contributed by atoms with Crippen LogP contribution in [0.5, 0.6) is 0 Å². The molecule has 0 aromatic heterocycles. The Balaban J connectivity index is 1.79. The maximum atomic E-state index is 13.0. The van der Waals surface area contributed by atoms with Crippen LogP contribution in [-0.4, -0.2) is 30.9 Å². The van der Waals surface area contributed by atoms with Gasteiger partial charge in [0, 0.05) is 36.1 Å². The Morgan fingerprint density at radius 2 is 1.72 bits per heavy atom. The lowest BCUT2D eigenvalue weighted by atomic mass is 9.97. The molecule has 2 N–H and O–H groups in total. The molecule has 2 aromatic rings. The second-order valence-corrected chi connectivity index (χ2v) is 9.28. The quantitative estimate of drug-likeness (QED) is 0.563. The molecule has 32 heavy (non-hydrogen) atoms. The highest BCUT2D eigenvalue weighted by Gasteiger charge is 2.22. The van der Waals surface area contributed by atoms with Crippen LogP contribution in [0.1, 0.15) is 79.7 Å². The first-order valence-electron chi connectivity index (χ1n) is 12.0. The summed E-state index contributed by atoms with van der Waals surface area (Å²) in [5, 5.41) is 5.97. The fraction of sp³-hybridized carbons (Fsp3) is 0.481. The number of unbranched alkanes of at least 4 members (excludes halogenated alkanes) is 1. The van der Waals surface area contributed by atoms with Crippen molar-refractivity contribution in [3.63, 3.8) is 0 Å². The van der Waals surface area contributed by atoms with Crippen molar-refractivity contribution in [3.05, 3.63) is 59.2 Å². The van der Waals surface area contributed by atoms with Gasteiger partial charge in [0.15, 0.2) is 0 Å². The zero-order chi connectivity index (χ0) is 23.1. The predicted octanol–water partition coefficient (Wildman–Crippen LogP) is 5.66. The summed E-state index contributed by atoms with van der Waals surface area (Å²) in [5.74, 6) is 0.443. The summed E-state index contributed by atoms with van der Waals surface area (Å²) in [4.78, 5) is 28.1. The second-order valence-electron chi connectivity index (χ2n) is 9.28. The lowest BCUT2D eigenvalue weighted by molar-refractivity contribution is 0.0942. The van der Waals surface area contributed by atoms with Gasteiger partial charge in [-0.25, -0.2) is 0 Å². The van der Waals surface area contributed by atoms with Gasteiger partial charge in [-0.15, -0.1) is 0 Å². The highest BCUT2D eigenvalue weighted by atomic mass is 16.2. The van der Waals surface area contributed by atoms with E-state index in [0.717, 1.165) is 50.9 Å². The van der Waals surface area contributed by atoms with E-state index in [2.05, 4.69) is 29.4 Å². The Hall–Kier alpha value is -2.82. The number of nitrogens with zero attached hydrogens (tertiary/aromatic N) is 1. The van der Waals surface area contributed by atoms with E-state index in [0.29, 0.717) is 22.7 Å². The maximum Gasteiger partial charge on any atom is 0.255 e. The number of amides is 2. The van der Waals surface area contributed by atoms with Gasteiger partial charge in [0.2, 0.25) is 0 Å². The summed E-state index contributed by atoms with van der Waals surface area (Å²) in [6.45, 7) is 10.2. The third-order valence-electron chi connectivity index (χ3n) is 6.08. The van der Waals surface area contributed by atoms with Crippen molar-refractivity contribution >= 4 is 23.2 Å². The molecule has 1 aliphatic heterocycles. The van der Waals surface area contributed by atoms with Gasteiger partial charge in [-0.3, -0.25) is 9.59 Å². The third kappa shape index (κ3) is 6.35. The Bertz CT molecular complexity index is 913. The van der Waals surface area contributed by atoms with Gasteiger partial charge < -0.3 is 15.5 Å². The van der Waals surface area contributed by atoms with Crippen molar-refractivity contribution < 1.29 is 9.59 Å². The molecule has 0 bridgehead atoms. The van der Waals surface area contributed by atoms with Gasteiger partial charge in [0.05, 0.1) is 5.56 Å². The predicted molar refractivity (Wildman–Crippen MR) is 133 cm³/mol. The van der Waals surface area contributed by atoms with Crippen LogP contribution < -0.4 is 15.5 Å². The minimum atomic E-state index is -0.165. The highest BCUT2D eigenvalue weighted by molar-refractivity contribution is 6.06. The van der Waals surface area contributed by atoms with E-state index in [4.69, 9.17) is 0 Å². The van der Waals surface area contributed by atoms with E-state index in [1.165, 1.54) is 5.56 Å². The summed E-state index contributed by atoms with van der Waals surface area (Å²) in [6, 6.07) is 13.5. The van der Waals surface area contributed by atoms with Crippen molar-refractivity contribution in [1.29, 1.82) is 0 Å². The van der Waals surface area contributed by atoms with Crippen LogP contribution in [0.3, 0.4) is 0 Å². The topological polar surface area (TPSA) is 61.4 Å². The van der Waals surface area contributed by atoms with Gasteiger partial charge in [-0.2, -0.15) is 0 Å². The summed E-state index contributed by atoms with van der Waals surface area (Å²) < 4.78 is 0. The molecule has 0 unspecified atom stereocenters. The zero-order valence-electron chi connectivity index (χ0n) is 19.9. The fourth-order valence-corrected chi connectivity index (χ4v) is 4.07. The number of rotatable bonds is 8. The smallest absolute Gasteiger partial charge is 0.255 e. The lowest BCUT2D eigenvalue weighted by Gasteiger charge is -2.33. The maximum absolute atomic E-state index is 13.0. The van der Waals surface area contributed by atoms with Gasteiger partial charge in [-0.05, 0) is 81.3 Å². The number of anilines is 2. The molecule has 1 fully saturated rings. The molecular weight excluding hydrogens is 398 g/mol. The van der Waals surface area contributed by atoms with Crippen molar-refractivity contribution in [1.82, 2.24) is 5.32 Å². The summed E-state index contributed by atoms with van der Waals surface area (Å²) >= 11 is 0. The van der Waals surface area contributed by atoms with Gasteiger partial charge >= 0.3 is 0 Å². The van der Waals surface area contributed by atoms with Crippen molar-refractivity contribution in [2.45, 2.75) is 65.8 Å². The van der Waals surface area contributed by atoms with E-state index in [1.54, 1.807) is 6.07 Å². The Morgan fingerprint density at radius 1 is 1.03 bits per heavy atom. The number of aryl methyl sites for hydroxylation is 1. The van der Waals surface area contributed by atoms with Crippen molar-refractivity contribution in [3.8, 4) is 0 Å². The Labute approximate surface area is 192 Å². The van der Waals surface area contributed by atoms with Crippen LogP contribution in [0.15, 0.2) is 42.5 Å². The van der Waals surface area contributed by atoms with E-state index in [9.17, 15) is 9.59 Å². The van der Waals surface area contributed by atoms with Crippen LogP contribution in [-0.2, 0) is 6.42 Å². The third-order valence-corrected chi connectivity index (χ3v) is 6.08. The average molecular weight is 436 g/mol. The SMILES string of the molecule is CCCCc1ccc(C(=O)Nc2ccc(N3CCC(C)CC3)c(C(=O)NC(C)C)c2)cc1. The summed E-state index contributed by atoms with van der Waals surface area (Å²) in [7, 11) is 0. The molecule has 0 aliphatic carbocycles. The molecule has 172 valence electrons. The van der Waals surface area contributed by atoms with E-state index in [-0.39, 0.29) is 17.9 Å². The van der Waals surface area contributed by atoms with Crippen LogP contribution in [0.4, 0.5) is 11.4 Å². The highest BCUT2D eigenvalue weighted by Crippen LogP contribution is 2.29. The number of hydrogen-bond donors (Lipinski definition) is 2. The van der Waals surface area contributed by atoms with Crippen molar-refractivity contribution in [2.75, 3.05) is 23.3 Å². The van der Waals surface area contributed by atoms with E-state index in [1.807, 2.05) is 50.2 Å². The van der Waals surface area contributed by atoms with Crippen LogP contribution >= 0.6 is 0 Å². The molecule has 2 amide bonds. The van der Waals surface area contributed by atoms with E-state index >= 15 is 0 Å². The number of nitrogens with one attached hydrogen (secondary N) is 2. The molecule has 0 saturated carbocycles. The largest absolute Gasteiger partial charge is 0.371 e. The molecule has 1 saturated heterocycles. The van der Waals surface area contributed by atoms with Crippen molar-refractivity contribution in [2.24, 2.45) is 5.92 Å². The Kier molecular flexibility index (Phi) is 8.32. The molecule has 0 atom stereocenters. The second kappa shape index (κ2) is 11.2. The summed E-state index contributed by atoms with van der Waals surface area (Å²) in [5.41, 5.74) is 4.05. The molecule has 5 heteroatoms. The average Bonchev–Trinajstić information content (AvgIpc) is 2.78. The van der Waals surface area contributed by atoms with E-state index < -0.39 is 0 Å². The first-order valence-corrected chi connectivity index (χ1v) is 12.0. The monoisotopic (exact) mass is 435 g/mol. The van der Waals surface area contributed by atoms with Gasteiger partial charge in [0.25, 0.3) is 11.8 Å². The van der Waals surface area contributed by atoms with Crippen LogP contribution in [0.25, 0.3) is 0 Å².